The van der Waals surface area contributed by atoms with Crippen LogP contribution in [0.2, 0.25) is 0 Å². The van der Waals surface area contributed by atoms with Crippen LogP contribution in [-0.4, -0.2) is 45.9 Å². The first kappa shape index (κ1) is 18.3. The molecule has 4 atom stereocenters. The van der Waals surface area contributed by atoms with Crippen molar-refractivity contribution >= 4 is 17.7 Å². The summed E-state index contributed by atoms with van der Waals surface area (Å²) in [6.07, 6.45) is 6.12. The molecular formula is C22H26FN5O. The molecule has 0 radical (unpaired) electrons. The first-order chi connectivity index (χ1) is 14.1. The second-order valence-electron chi connectivity index (χ2n) is 8.60. The van der Waals surface area contributed by atoms with E-state index in [1.54, 1.807) is 18.3 Å². The Morgan fingerprint density at radius 3 is 2.90 bits per heavy atom. The Balaban J connectivity index is 1.47. The largest absolute Gasteiger partial charge is 0.368 e. The zero-order valence-electron chi connectivity index (χ0n) is 16.4. The molecule has 3 aliphatic rings. The van der Waals surface area contributed by atoms with Crippen LogP contribution >= 0.6 is 0 Å². The normalized spacial score (nSPS) is 28.9. The number of hydrogen-bond acceptors (Lipinski definition) is 5. The van der Waals surface area contributed by atoms with Gasteiger partial charge < -0.3 is 15.5 Å². The molecule has 1 aromatic carbocycles. The predicted molar refractivity (Wildman–Crippen MR) is 109 cm³/mol. The number of carbonyl (C=O) groups is 1. The van der Waals surface area contributed by atoms with Gasteiger partial charge in [-0.05, 0) is 61.3 Å². The topological polar surface area (TPSA) is 75.3 Å². The van der Waals surface area contributed by atoms with E-state index in [9.17, 15) is 9.18 Å². The van der Waals surface area contributed by atoms with Crippen molar-refractivity contribution in [2.45, 2.75) is 44.2 Å². The molecule has 3 saturated heterocycles. The molecule has 4 heterocycles. The molecule has 6 nitrogen and oxygen atoms in total. The van der Waals surface area contributed by atoms with Gasteiger partial charge in [0.25, 0.3) is 0 Å². The van der Waals surface area contributed by atoms with Gasteiger partial charge in [-0.25, -0.2) is 9.37 Å². The Bertz CT molecular complexity index is 922. The van der Waals surface area contributed by atoms with Gasteiger partial charge in [0, 0.05) is 37.8 Å². The standard InChI is InChI=1S/C22H26FN5O/c23-17-4-1-3-14(9-17)10-19-16-11-15(18-5-2-6-21(29)28(18)19)12-27(13-16)20-7-8-25-22(24)26-20/h1,3-4,7-9,15-16,18-19H,2,5-6,10-13H2,(H2,24,25,26)/t15-,16+,18+,19+/m1/s1. The maximum atomic E-state index is 13.8. The van der Waals surface area contributed by atoms with E-state index < -0.39 is 0 Å². The highest BCUT2D eigenvalue weighted by molar-refractivity contribution is 5.78. The molecule has 0 saturated carbocycles. The highest BCUT2D eigenvalue weighted by Crippen LogP contribution is 2.43. The summed E-state index contributed by atoms with van der Waals surface area (Å²) in [5.41, 5.74) is 6.76. The quantitative estimate of drug-likeness (QED) is 0.865. The average Bonchev–Trinajstić information content (AvgIpc) is 2.71. The minimum absolute atomic E-state index is 0.0906. The summed E-state index contributed by atoms with van der Waals surface area (Å²) in [5.74, 6) is 1.93. The summed E-state index contributed by atoms with van der Waals surface area (Å²) < 4.78 is 13.8. The van der Waals surface area contributed by atoms with Crippen LogP contribution < -0.4 is 10.6 Å². The fraction of sp³-hybridized carbons (Fsp3) is 0.500. The molecule has 0 spiro atoms. The molecule has 1 amide bonds. The number of nitrogens with zero attached hydrogens (tertiary/aromatic N) is 4. The van der Waals surface area contributed by atoms with Crippen LogP contribution in [0.3, 0.4) is 0 Å². The number of halogens is 1. The molecule has 29 heavy (non-hydrogen) atoms. The zero-order chi connectivity index (χ0) is 20.0. The Morgan fingerprint density at radius 1 is 1.21 bits per heavy atom. The third-order valence-corrected chi connectivity index (χ3v) is 6.81. The van der Waals surface area contributed by atoms with Crippen molar-refractivity contribution in [1.29, 1.82) is 0 Å². The monoisotopic (exact) mass is 395 g/mol. The number of rotatable bonds is 3. The molecule has 0 unspecified atom stereocenters. The lowest BCUT2D eigenvalue weighted by atomic mass is 9.71. The second-order valence-corrected chi connectivity index (χ2v) is 8.60. The first-order valence-electron chi connectivity index (χ1n) is 10.5. The molecule has 152 valence electrons. The Hall–Kier alpha value is -2.70. The molecule has 2 bridgehead atoms. The average molecular weight is 395 g/mol. The van der Waals surface area contributed by atoms with Gasteiger partial charge in [0.05, 0.1) is 0 Å². The maximum Gasteiger partial charge on any atom is 0.223 e. The van der Waals surface area contributed by atoms with Crippen LogP contribution in [0.1, 0.15) is 31.2 Å². The molecule has 5 rings (SSSR count). The Morgan fingerprint density at radius 2 is 2.07 bits per heavy atom. The van der Waals surface area contributed by atoms with Crippen molar-refractivity contribution in [2.24, 2.45) is 11.8 Å². The summed E-state index contributed by atoms with van der Waals surface area (Å²) in [4.78, 5) is 25.8. The molecule has 2 N–H and O–H groups in total. The molecule has 0 aliphatic carbocycles. The van der Waals surface area contributed by atoms with Gasteiger partial charge in [-0.1, -0.05) is 12.1 Å². The van der Waals surface area contributed by atoms with E-state index in [0.29, 0.717) is 24.7 Å². The lowest BCUT2D eigenvalue weighted by Crippen LogP contribution is -2.65. The number of fused-ring (bicyclic) bond motifs is 4. The number of benzene rings is 1. The van der Waals surface area contributed by atoms with E-state index >= 15 is 0 Å². The summed E-state index contributed by atoms with van der Waals surface area (Å²) in [5, 5.41) is 0. The van der Waals surface area contributed by atoms with Crippen molar-refractivity contribution in [2.75, 3.05) is 23.7 Å². The van der Waals surface area contributed by atoms with Gasteiger partial charge in [0.2, 0.25) is 11.9 Å². The van der Waals surface area contributed by atoms with Gasteiger partial charge in [-0.15, -0.1) is 0 Å². The fourth-order valence-corrected chi connectivity index (χ4v) is 5.67. The number of nitrogen functional groups attached to an aromatic ring is 1. The number of aromatic nitrogens is 2. The summed E-state index contributed by atoms with van der Waals surface area (Å²) in [6, 6.07) is 9.04. The van der Waals surface area contributed by atoms with Gasteiger partial charge >= 0.3 is 0 Å². The van der Waals surface area contributed by atoms with E-state index in [1.807, 2.05) is 12.1 Å². The van der Waals surface area contributed by atoms with Gasteiger partial charge in [0.15, 0.2) is 0 Å². The molecular weight excluding hydrogens is 369 g/mol. The van der Waals surface area contributed by atoms with Crippen molar-refractivity contribution in [1.82, 2.24) is 14.9 Å². The molecule has 3 fully saturated rings. The van der Waals surface area contributed by atoms with Gasteiger partial charge in [-0.2, -0.15) is 4.98 Å². The Kier molecular flexibility index (Phi) is 4.60. The number of amides is 1. The van der Waals surface area contributed by atoms with Gasteiger partial charge in [-0.3, -0.25) is 4.79 Å². The second kappa shape index (κ2) is 7.28. The zero-order valence-corrected chi connectivity index (χ0v) is 16.4. The fourth-order valence-electron chi connectivity index (χ4n) is 5.67. The number of nitrogens with two attached hydrogens (primary N) is 1. The van der Waals surface area contributed by atoms with Crippen LogP contribution in [0.15, 0.2) is 36.5 Å². The summed E-state index contributed by atoms with van der Waals surface area (Å²) >= 11 is 0. The van der Waals surface area contributed by atoms with Crippen LogP contribution in [-0.2, 0) is 11.2 Å². The van der Waals surface area contributed by atoms with Crippen LogP contribution in [0.4, 0.5) is 16.2 Å². The molecule has 3 aliphatic heterocycles. The first-order valence-corrected chi connectivity index (χ1v) is 10.5. The smallest absolute Gasteiger partial charge is 0.223 e. The third kappa shape index (κ3) is 3.43. The van der Waals surface area contributed by atoms with Crippen molar-refractivity contribution in [3.63, 3.8) is 0 Å². The summed E-state index contributed by atoms with van der Waals surface area (Å²) in [6.45, 7) is 1.71. The molecule has 1 aromatic heterocycles. The predicted octanol–water partition coefficient (Wildman–Crippen LogP) is 2.65. The van der Waals surface area contributed by atoms with E-state index in [0.717, 1.165) is 43.7 Å². The third-order valence-electron chi connectivity index (χ3n) is 6.81. The minimum Gasteiger partial charge on any atom is -0.368 e. The van der Waals surface area contributed by atoms with E-state index in [4.69, 9.17) is 5.73 Å². The number of hydrogen-bond donors (Lipinski definition) is 1. The van der Waals surface area contributed by atoms with Crippen LogP contribution in [0.5, 0.6) is 0 Å². The lowest BCUT2D eigenvalue weighted by Gasteiger charge is -2.57. The number of piperidine rings is 3. The van der Waals surface area contributed by atoms with Crippen molar-refractivity contribution in [3.8, 4) is 0 Å². The number of anilines is 2. The highest BCUT2D eigenvalue weighted by Gasteiger charge is 2.49. The summed E-state index contributed by atoms with van der Waals surface area (Å²) in [7, 11) is 0. The Labute approximate surface area is 169 Å². The SMILES string of the molecule is Nc1nccc(N2C[C@H]3C[C@@H](C2)[C@H](Cc2cccc(F)c2)N2C(=O)CCC[C@@H]32)n1. The van der Waals surface area contributed by atoms with Crippen molar-refractivity contribution < 1.29 is 9.18 Å². The minimum atomic E-state index is -0.223. The molecule has 7 heteroatoms. The highest BCUT2D eigenvalue weighted by atomic mass is 19.1. The van der Waals surface area contributed by atoms with E-state index in [2.05, 4.69) is 19.8 Å². The van der Waals surface area contributed by atoms with Crippen LogP contribution in [0, 0.1) is 17.7 Å². The maximum absolute atomic E-state index is 13.8. The van der Waals surface area contributed by atoms with E-state index in [-0.39, 0.29) is 29.8 Å². The van der Waals surface area contributed by atoms with Crippen molar-refractivity contribution in [3.05, 3.63) is 47.9 Å². The van der Waals surface area contributed by atoms with Gasteiger partial charge in [0.1, 0.15) is 11.6 Å². The molecule has 2 aromatic rings. The van der Waals surface area contributed by atoms with Crippen LogP contribution in [0.25, 0.3) is 0 Å². The number of carbonyl (C=O) groups excluding carboxylic acids is 1. The van der Waals surface area contributed by atoms with E-state index in [1.165, 1.54) is 6.07 Å². The lowest BCUT2D eigenvalue weighted by molar-refractivity contribution is -0.148.